The molecule has 1 aliphatic heterocycles. The lowest BCUT2D eigenvalue weighted by atomic mass is 10.0. The maximum atomic E-state index is 12.3. The first-order valence-electron chi connectivity index (χ1n) is 5.92. The summed E-state index contributed by atoms with van der Waals surface area (Å²) >= 11 is 0. The number of rotatable bonds is 6. The Morgan fingerprint density at radius 3 is 2.43 bits per heavy atom. The molecule has 0 radical (unpaired) electrons. The molecule has 0 aromatic carbocycles. The Morgan fingerprint density at radius 2 is 1.93 bits per heavy atom. The van der Waals surface area contributed by atoms with Gasteiger partial charge in [-0.2, -0.15) is 0 Å². The first-order valence-corrected chi connectivity index (χ1v) is 8.18. The zero-order chi connectivity index (χ0) is 10.4. The molecule has 14 heavy (non-hydrogen) atoms. The second-order valence-corrected chi connectivity index (χ2v) is 7.71. The third-order valence-corrected chi connectivity index (χ3v) is 6.11. The van der Waals surface area contributed by atoms with E-state index in [1.54, 1.807) is 0 Å². The normalized spacial score (nSPS) is 21.3. The summed E-state index contributed by atoms with van der Waals surface area (Å²) in [6.45, 7) is 4.46. The van der Waals surface area contributed by atoms with E-state index in [1.807, 2.05) is 0 Å². The average Bonchev–Trinajstić information content (AvgIpc) is 2.60. The van der Waals surface area contributed by atoms with Gasteiger partial charge in [-0.15, -0.1) is 0 Å². The molecule has 0 fully saturated rings. The quantitative estimate of drug-likeness (QED) is 0.480. The number of allylic oxidation sites excluding steroid dienone is 2. The summed E-state index contributed by atoms with van der Waals surface area (Å²) in [6, 6.07) is 0. The molecule has 1 aliphatic rings. The smallest absolute Gasteiger partial charge is 0.0951 e. The summed E-state index contributed by atoms with van der Waals surface area (Å²) < 4.78 is 12.3. The van der Waals surface area contributed by atoms with Gasteiger partial charge in [0.05, 0.1) is 7.14 Å². The number of unbranched alkanes of at least 4 members (excludes halogenated alkanes) is 1. The molecule has 82 valence electrons. The number of hydrogen-bond donors (Lipinski definition) is 0. The largest absolute Gasteiger partial charge is 0.323 e. The average molecular weight is 214 g/mol. The van der Waals surface area contributed by atoms with E-state index in [4.69, 9.17) is 0 Å². The van der Waals surface area contributed by atoms with E-state index in [1.165, 1.54) is 25.7 Å². The van der Waals surface area contributed by atoms with Crippen LogP contribution in [0.15, 0.2) is 12.2 Å². The van der Waals surface area contributed by atoms with E-state index in [2.05, 4.69) is 26.0 Å². The Balaban J connectivity index is 2.35. The van der Waals surface area contributed by atoms with Gasteiger partial charge >= 0.3 is 0 Å². The zero-order valence-electron chi connectivity index (χ0n) is 9.54. The van der Waals surface area contributed by atoms with Gasteiger partial charge in [-0.25, -0.2) is 0 Å². The summed E-state index contributed by atoms with van der Waals surface area (Å²) in [7, 11) is -1.79. The number of hydrogen-bond acceptors (Lipinski definition) is 1. The third kappa shape index (κ3) is 3.61. The van der Waals surface area contributed by atoms with Crippen molar-refractivity contribution < 1.29 is 4.57 Å². The van der Waals surface area contributed by atoms with Crippen molar-refractivity contribution in [2.45, 2.75) is 39.5 Å². The minimum atomic E-state index is -1.79. The van der Waals surface area contributed by atoms with E-state index in [9.17, 15) is 4.57 Å². The molecule has 0 aliphatic carbocycles. The summed E-state index contributed by atoms with van der Waals surface area (Å²) in [5.41, 5.74) is 0. The van der Waals surface area contributed by atoms with E-state index in [-0.39, 0.29) is 0 Å². The van der Waals surface area contributed by atoms with E-state index in [0.29, 0.717) is 5.92 Å². The fraction of sp³-hybridized carbons (Fsp3) is 0.833. The lowest BCUT2D eigenvalue weighted by Gasteiger charge is -2.19. The highest BCUT2D eigenvalue weighted by Gasteiger charge is 2.26. The van der Waals surface area contributed by atoms with Gasteiger partial charge in [0.25, 0.3) is 0 Å². The van der Waals surface area contributed by atoms with Gasteiger partial charge in [-0.1, -0.05) is 51.7 Å². The second-order valence-electron chi connectivity index (χ2n) is 4.49. The van der Waals surface area contributed by atoms with Crippen molar-refractivity contribution in [3.63, 3.8) is 0 Å². The van der Waals surface area contributed by atoms with Gasteiger partial charge in [0, 0.05) is 18.5 Å². The Kier molecular flexibility index (Phi) is 4.95. The van der Waals surface area contributed by atoms with E-state index >= 15 is 0 Å². The fourth-order valence-electron chi connectivity index (χ4n) is 2.14. The van der Waals surface area contributed by atoms with Crippen LogP contribution in [-0.2, 0) is 4.57 Å². The molecule has 0 N–H and O–H groups in total. The Hall–Kier alpha value is -0.0300. The van der Waals surface area contributed by atoms with Gasteiger partial charge in [0.1, 0.15) is 0 Å². The Bertz CT molecular complexity index is 220. The van der Waals surface area contributed by atoms with Crippen molar-refractivity contribution in [1.29, 1.82) is 0 Å². The van der Waals surface area contributed by atoms with Crippen molar-refractivity contribution in [2.75, 3.05) is 18.5 Å². The van der Waals surface area contributed by atoms with Crippen LogP contribution in [0, 0.1) is 5.92 Å². The minimum Gasteiger partial charge on any atom is -0.323 e. The van der Waals surface area contributed by atoms with Crippen LogP contribution in [-0.4, -0.2) is 18.5 Å². The van der Waals surface area contributed by atoms with Gasteiger partial charge in [-0.05, 0) is 5.92 Å². The molecule has 0 bridgehead atoms. The van der Waals surface area contributed by atoms with Gasteiger partial charge in [0.15, 0.2) is 0 Å². The van der Waals surface area contributed by atoms with Crippen LogP contribution in [0.25, 0.3) is 0 Å². The Morgan fingerprint density at radius 1 is 1.29 bits per heavy atom. The molecule has 1 nitrogen and oxygen atoms in total. The molecule has 0 aromatic heterocycles. The SMILES string of the molecule is CCCCC(CC)CP1(=O)CC=CC1. The second kappa shape index (κ2) is 5.75. The highest BCUT2D eigenvalue weighted by Crippen LogP contribution is 2.51. The van der Waals surface area contributed by atoms with Crippen molar-refractivity contribution in [1.82, 2.24) is 0 Å². The molecule has 0 amide bonds. The summed E-state index contributed by atoms with van der Waals surface area (Å²) in [4.78, 5) is 0. The van der Waals surface area contributed by atoms with Crippen LogP contribution in [0.1, 0.15) is 39.5 Å². The van der Waals surface area contributed by atoms with E-state index < -0.39 is 7.14 Å². The summed E-state index contributed by atoms with van der Waals surface area (Å²) in [5, 5.41) is 0. The first-order chi connectivity index (χ1) is 6.70. The maximum absolute atomic E-state index is 12.3. The van der Waals surface area contributed by atoms with Crippen LogP contribution in [0.2, 0.25) is 0 Å². The first kappa shape index (κ1) is 12.0. The maximum Gasteiger partial charge on any atom is 0.0951 e. The molecule has 1 atom stereocenters. The molecular weight excluding hydrogens is 191 g/mol. The van der Waals surface area contributed by atoms with Gasteiger partial charge < -0.3 is 4.57 Å². The van der Waals surface area contributed by atoms with Crippen LogP contribution < -0.4 is 0 Å². The Labute approximate surface area is 88.3 Å². The van der Waals surface area contributed by atoms with Crippen LogP contribution >= 0.6 is 7.14 Å². The van der Waals surface area contributed by atoms with Crippen molar-refractivity contribution in [2.24, 2.45) is 5.92 Å². The third-order valence-electron chi connectivity index (χ3n) is 3.18. The molecule has 2 heteroatoms. The van der Waals surface area contributed by atoms with E-state index in [0.717, 1.165) is 18.5 Å². The molecular formula is C12H23OP. The predicted molar refractivity (Wildman–Crippen MR) is 64.7 cm³/mol. The van der Waals surface area contributed by atoms with Crippen LogP contribution in [0.5, 0.6) is 0 Å². The van der Waals surface area contributed by atoms with Gasteiger partial charge in [0.2, 0.25) is 0 Å². The molecule has 1 unspecified atom stereocenters. The summed E-state index contributed by atoms with van der Waals surface area (Å²) in [5.74, 6) is 0.709. The zero-order valence-corrected chi connectivity index (χ0v) is 10.4. The van der Waals surface area contributed by atoms with Crippen LogP contribution in [0.3, 0.4) is 0 Å². The van der Waals surface area contributed by atoms with Crippen molar-refractivity contribution in [3.8, 4) is 0 Å². The predicted octanol–water partition coefficient (Wildman–Crippen LogP) is 4.14. The van der Waals surface area contributed by atoms with Crippen LogP contribution in [0.4, 0.5) is 0 Å². The molecule has 0 spiro atoms. The van der Waals surface area contributed by atoms with Crippen molar-refractivity contribution in [3.05, 3.63) is 12.2 Å². The van der Waals surface area contributed by atoms with Crippen molar-refractivity contribution >= 4 is 7.14 Å². The molecule has 0 saturated heterocycles. The summed E-state index contributed by atoms with van der Waals surface area (Å²) in [6.07, 6.45) is 12.0. The standard InChI is InChI=1S/C12H23OP/c1-3-5-8-12(4-2)11-14(13)9-6-7-10-14/h6-7,12H,3-5,8-11H2,1-2H3. The van der Waals surface area contributed by atoms with Gasteiger partial charge in [-0.3, -0.25) is 0 Å². The lowest BCUT2D eigenvalue weighted by Crippen LogP contribution is -2.07. The molecule has 1 heterocycles. The molecule has 0 aromatic rings. The minimum absolute atomic E-state index is 0.709. The highest BCUT2D eigenvalue weighted by atomic mass is 31.2. The topological polar surface area (TPSA) is 17.1 Å². The molecule has 1 rings (SSSR count). The highest BCUT2D eigenvalue weighted by molar-refractivity contribution is 7.64. The monoisotopic (exact) mass is 214 g/mol. The fourth-order valence-corrected chi connectivity index (χ4v) is 5.04. The lowest BCUT2D eigenvalue weighted by molar-refractivity contribution is 0.484. The molecule has 0 saturated carbocycles.